The Morgan fingerprint density at radius 3 is 2.85 bits per heavy atom. The second-order valence-corrected chi connectivity index (χ2v) is 6.70. The molecule has 0 aliphatic heterocycles. The Bertz CT molecular complexity index is 548. The number of sulfonamides is 1. The molecule has 7 heteroatoms. The highest BCUT2D eigenvalue weighted by Crippen LogP contribution is 2.21. The van der Waals surface area contributed by atoms with Crippen LogP contribution in [-0.4, -0.2) is 37.2 Å². The van der Waals surface area contributed by atoms with Crippen molar-refractivity contribution in [2.45, 2.75) is 49.6 Å². The molecule has 1 aromatic heterocycles. The number of hydrogen-bond acceptors (Lipinski definition) is 5. The van der Waals surface area contributed by atoms with Gasteiger partial charge in [-0.2, -0.15) is 0 Å². The molecule has 1 saturated carbocycles. The van der Waals surface area contributed by atoms with E-state index in [-0.39, 0.29) is 4.90 Å². The van der Waals surface area contributed by atoms with Gasteiger partial charge in [-0.1, -0.05) is 12.8 Å². The predicted molar refractivity (Wildman–Crippen MR) is 77.0 cm³/mol. The fraction of sp³-hybridized carbons (Fsp3) is 0.615. The minimum atomic E-state index is -3.62. The SMILES string of the molecule is CCNc1cc(S(=O)(=O)NC2CCCCC2O)ccn1. The van der Waals surface area contributed by atoms with Gasteiger partial charge in [-0.25, -0.2) is 18.1 Å². The summed E-state index contributed by atoms with van der Waals surface area (Å²) in [7, 11) is -3.62. The summed E-state index contributed by atoms with van der Waals surface area (Å²) >= 11 is 0. The van der Waals surface area contributed by atoms with Gasteiger partial charge >= 0.3 is 0 Å². The van der Waals surface area contributed by atoms with Crippen LogP contribution in [-0.2, 0) is 10.0 Å². The summed E-state index contributed by atoms with van der Waals surface area (Å²) < 4.78 is 27.2. The Morgan fingerprint density at radius 2 is 2.15 bits per heavy atom. The van der Waals surface area contributed by atoms with E-state index in [0.29, 0.717) is 25.2 Å². The van der Waals surface area contributed by atoms with Crippen molar-refractivity contribution in [3.8, 4) is 0 Å². The Kier molecular flexibility index (Phi) is 4.95. The molecule has 0 amide bonds. The fourth-order valence-electron chi connectivity index (χ4n) is 2.37. The van der Waals surface area contributed by atoms with E-state index in [9.17, 15) is 13.5 Å². The molecular formula is C13H21N3O3S. The first kappa shape index (κ1) is 15.2. The minimum Gasteiger partial charge on any atom is -0.391 e. The molecule has 0 aromatic carbocycles. The van der Waals surface area contributed by atoms with Crippen molar-refractivity contribution in [1.82, 2.24) is 9.71 Å². The normalized spacial score (nSPS) is 23.5. The molecule has 1 aromatic rings. The molecule has 20 heavy (non-hydrogen) atoms. The molecule has 2 rings (SSSR count). The van der Waals surface area contributed by atoms with Gasteiger partial charge in [-0.15, -0.1) is 0 Å². The largest absolute Gasteiger partial charge is 0.391 e. The van der Waals surface area contributed by atoms with Gasteiger partial charge in [0.25, 0.3) is 0 Å². The van der Waals surface area contributed by atoms with Crippen LogP contribution in [0.1, 0.15) is 32.6 Å². The van der Waals surface area contributed by atoms with Gasteiger partial charge in [0.1, 0.15) is 5.82 Å². The van der Waals surface area contributed by atoms with Crippen LogP contribution in [0.5, 0.6) is 0 Å². The molecule has 0 spiro atoms. The number of aliphatic hydroxyl groups is 1. The topological polar surface area (TPSA) is 91.3 Å². The fourth-order valence-corrected chi connectivity index (χ4v) is 3.69. The van der Waals surface area contributed by atoms with E-state index < -0.39 is 22.2 Å². The summed E-state index contributed by atoms with van der Waals surface area (Å²) in [6.45, 7) is 2.59. The van der Waals surface area contributed by atoms with Crippen molar-refractivity contribution in [2.75, 3.05) is 11.9 Å². The van der Waals surface area contributed by atoms with Gasteiger partial charge in [0.05, 0.1) is 11.0 Å². The number of aromatic nitrogens is 1. The molecule has 1 heterocycles. The summed E-state index contributed by atoms with van der Waals surface area (Å²) in [5, 5.41) is 12.8. The average Bonchev–Trinajstić information content (AvgIpc) is 2.42. The molecule has 3 N–H and O–H groups in total. The van der Waals surface area contributed by atoms with Gasteiger partial charge in [-0.3, -0.25) is 0 Å². The van der Waals surface area contributed by atoms with Crippen LogP contribution in [0.3, 0.4) is 0 Å². The van der Waals surface area contributed by atoms with Crippen LogP contribution in [0.2, 0.25) is 0 Å². The molecule has 2 atom stereocenters. The van der Waals surface area contributed by atoms with E-state index >= 15 is 0 Å². The maximum atomic E-state index is 12.3. The Labute approximate surface area is 119 Å². The van der Waals surface area contributed by atoms with Crippen molar-refractivity contribution in [1.29, 1.82) is 0 Å². The summed E-state index contributed by atoms with van der Waals surface area (Å²) in [4.78, 5) is 4.22. The second kappa shape index (κ2) is 6.51. The van der Waals surface area contributed by atoms with Crippen molar-refractivity contribution in [3.05, 3.63) is 18.3 Å². The van der Waals surface area contributed by atoms with E-state index in [1.165, 1.54) is 18.3 Å². The van der Waals surface area contributed by atoms with Crippen molar-refractivity contribution in [3.63, 3.8) is 0 Å². The van der Waals surface area contributed by atoms with Crippen LogP contribution in [0, 0.1) is 0 Å². The second-order valence-electron chi connectivity index (χ2n) is 4.99. The van der Waals surface area contributed by atoms with Crippen LogP contribution in [0.25, 0.3) is 0 Å². The highest BCUT2D eigenvalue weighted by molar-refractivity contribution is 7.89. The maximum Gasteiger partial charge on any atom is 0.241 e. The summed E-state index contributed by atoms with van der Waals surface area (Å²) in [5.74, 6) is 0.527. The van der Waals surface area contributed by atoms with Crippen LogP contribution in [0.4, 0.5) is 5.82 Å². The summed E-state index contributed by atoms with van der Waals surface area (Å²) in [5.41, 5.74) is 0. The molecule has 0 saturated heterocycles. The zero-order valence-corrected chi connectivity index (χ0v) is 12.4. The number of pyridine rings is 1. The number of anilines is 1. The van der Waals surface area contributed by atoms with Gasteiger partial charge in [-0.05, 0) is 25.8 Å². The third-order valence-corrected chi connectivity index (χ3v) is 4.92. The molecular weight excluding hydrogens is 278 g/mol. The standard InChI is InChI=1S/C13H21N3O3S/c1-2-14-13-9-10(7-8-15-13)20(18,19)16-11-5-3-4-6-12(11)17/h7-9,11-12,16-17H,2-6H2,1H3,(H,14,15). The zero-order chi connectivity index (χ0) is 14.6. The third-order valence-electron chi connectivity index (χ3n) is 3.44. The third kappa shape index (κ3) is 3.68. The van der Waals surface area contributed by atoms with E-state index in [2.05, 4.69) is 15.0 Å². The van der Waals surface area contributed by atoms with E-state index in [4.69, 9.17) is 0 Å². The average molecular weight is 299 g/mol. The maximum absolute atomic E-state index is 12.3. The summed E-state index contributed by atoms with van der Waals surface area (Å²) in [6.07, 6.45) is 4.05. The molecule has 2 unspecified atom stereocenters. The highest BCUT2D eigenvalue weighted by atomic mass is 32.2. The Balaban J connectivity index is 2.15. The Hall–Kier alpha value is -1.18. The monoisotopic (exact) mass is 299 g/mol. The van der Waals surface area contributed by atoms with Crippen LogP contribution in [0.15, 0.2) is 23.2 Å². The summed E-state index contributed by atoms with van der Waals surface area (Å²) in [6, 6.07) is 2.56. The lowest BCUT2D eigenvalue weighted by Crippen LogP contribution is -2.44. The number of nitrogens with one attached hydrogen (secondary N) is 2. The molecule has 1 aliphatic carbocycles. The lowest BCUT2D eigenvalue weighted by molar-refractivity contribution is 0.101. The first-order valence-corrected chi connectivity index (χ1v) is 8.41. The molecule has 1 aliphatic rings. The predicted octanol–water partition coefficient (Wildman–Crippen LogP) is 1.10. The number of aliphatic hydroxyl groups excluding tert-OH is 1. The molecule has 6 nitrogen and oxygen atoms in total. The zero-order valence-electron chi connectivity index (χ0n) is 11.5. The van der Waals surface area contributed by atoms with Crippen LogP contribution < -0.4 is 10.0 Å². The number of rotatable bonds is 5. The van der Waals surface area contributed by atoms with Gasteiger partial charge in [0.2, 0.25) is 10.0 Å². The van der Waals surface area contributed by atoms with E-state index in [1.54, 1.807) is 0 Å². The number of nitrogens with zero attached hydrogens (tertiary/aromatic N) is 1. The quantitative estimate of drug-likeness (QED) is 0.757. The van der Waals surface area contributed by atoms with Gasteiger partial charge < -0.3 is 10.4 Å². The highest BCUT2D eigenvalue weighted by Gasteiger charge is 2.28. The van der Waals surface area contributed by atoms with Crippen LogP contribution >= 0.6 is 0 Å². The van der Waals surface area contributed by atoms with Gasteiger partial charge in [0.15, 0.2) is 0 Å². The van der Waals surface area contributed by atoms with Gasteiger partial charge in [0, 0.05) is 24.8 Å². The molecule has 0 bridgehead atoms. The van der Waals surface area contributed by atoms with E-state index in [1.807, 2.05) is 6.92 Å². The van der Waals surface area contributed by atoms with E-state index in [0.717, 1.165) is 12.8 Å². The lowest BCUT2D eigenvalue weighted by Gasteiger charge is -2.28. The van der Waals surface area contributed by atoms with Crippen molar-refractivity contribution in [2.24, 2.45) is 0 Å². The lowest BCUT2D eigenvalue weighted by atomic mass is 9.93. The Morgan fingerprint density at radius 1 is 1.40 bits per heavy atom. The first-order valence-electron chi connectivity index (χ1n) is 6.93. The smallest absolute Gasteiger partial charge is 0.241 e. The molecule has 1 fully saturated rings. The molecule has 0 radical (unpaired) electrons. The minimum absolute atomic E-state index is 0.168. The van der Waals surface area contributed by atoms with Crippen molar-refractivity contribution >= 4 is 15.8 Å². The molecule has 112 valence electrons. The first-order chi connectivity index (χ1) is 9.53. The number of hydrogen-bond donors (Lipinski definition) is 3. The van der Waals surface area contributed by atoms with Crippen molar-refractivity contribution < 1.29 is 13.5 Å².